The fraction of sp³-hybridized carbons (Fsp3) is 0.600. The van der Waals surface area contributed by atoms with E-state index in [0.29, 0.717) is 0 Å². The van der Waals surface area contributed by atoms with E-state index in [-0.39, 0.29) is 39.8 Å². The highest BCUT2D eigenvalue weighted by atomic mass is 32.2. The van der Waals surface area contributed by atoms with Crippen molar-refractivity contribution in [2.45, 2.75) is 50.4 Å². The molecule has 4 rings (SSSR count). The van der Waals surface area contributed by atoms with Crippen molar-refractivity contribution in [3.05, 3.63) is 18.0 Å². The fourth-order valence-corrected chi connectivity index (χ4v) is 5.42. The van der Waals surface area contributed by atoms with E-state index in [1.54, 1.807) is 11.9 Å². The number of carbonyl (C=O) groups is 1. The van der Waals surface area contributed by atoms with Crippen LogP contribution in [0.15, 0.2) is 12.4 Å². The minimum Gasteiger partial charge on any atom is -0.466 e. The molecule has 1 N–H and O–H groups in total. The minimum absolute atomic E-state index is 0.103. The molecule has 0 aromatic carbocycles. The number of thiazole rings is 1. The second-order valence-corrected chi connectivity index (χ2v) is 9.74. The summed E-state index contributed by atoms with van der Waals surface area (Å²) in [6, 6.07) is 0.103. The number of rotatable bonds is 7. The third-order valence-electron chi connectivity index (χ3n) is 5.79. The summed E-state index contributed by atoms with van der Waals surface area (Å²) in [5, 5.41) is 3.42. The van der Waals surface area contributed by atoms with Crippen molar-refractivity contribution in [3.8, 4) is 15.8 Å². The van der Waals surface area contributed by atoms with E-state index in [1.165, 1.54) is 6.20 Å². The Morgan fingerprint density at radius 2 is 2.00 bits per heavy atom. The monoisotopic (exact) mass is 487 g/mol. The highest BCUT2D eigenvalue weighted by molar-refractivity contribution is 7.96. The number of anilines is 1. The Kier molecular flexibility index (Phi) is 7.21. The number of nitrogens with zero attached hydrogens (tertiary/aromatic N) is 4. The smallest absolute Gasteiger partial charge is 0.420 e. The lowest BCUT2D eigenvalue weighted by Gasteiger charge is -2.30. The molecule has 1 aliphatic carbocycles. The number of alkyl halides is 3. The Morgan fingerprint density at radius 3 is 2.69 bits per heavy atom. The first kappa shape index (κ1) is 23.2. The molecule has 174 valence electrons. The van der Waals surface area contributed by atoms with E-state index in [4.69, 9.17) is 4.74 Å². The van der Waals surface area contributed by atoms with Crippen molar-refractivity contribution < 1.29 is 22.7 Å². The molecule has 12 heteroatoms. The summed E-state index contributed by atoms with van der Waals surface area (Å²) in [7, 11) is 0. The summed E-state index contributed by atoms with van der Waals surface area (Å²) in [6.45, 7) is 1.79. The third-order valence-corrected chi connectivity index (χ3v) is 7.56. The lowest BCUT2D eigenvalue weighted by atomic mass is 10.1. The number of ether oxygens (including phenoxy) is 1. The molecule has 7 nitrogen and oxygen atoms in total. The maximum atomic E-state index is 13.6. The van der Waals surface area contributed by atoms with Crippen LogP contribution in [0.1, 0.15) is 37.7 Å². The number of aromatic nitrogens is 3. The number of carbonyl (C=O) groups excluding carboxylic acids is 1. The third kappa shape index (κ3) is 5.34. The molecule has 3 heterocycles. The second-order valence-electron chi connectivity index (χ2n) is 7.86. The number of hydrogen-bond donors (Lipinski definition) is 1. The molecule has 0 spiro atoms. The molecule has 0 unspecified atom stereocenters. The Morgan fingerprint density at radius 1 is 1.22 bits per heavy atom. The average Bonchev–Trinajstić information content (AvgIpc) is 3.43. The lowest BCUT2D eigenvalue weighted by molar-refractivity contribution is -0.137. The van der Waals surface area contributed by atoms with Crippen LogP contribution in [0.5, 0.6) is 5.19 Å². The lowest BCUT2D eigenvalue weighted by Crippen LogP contribution is -2.35. The van der Waals surface area contributed by atoms with E-state index in [0.717, 1.165) is 69.0 Å². The van der Waals surface area contributed by atoms with Gasteiger partial charge in [0.2, 0.25) is 5.95 Å². The van der Waals surface area contributed by atoms with Crippen LogP contribution >= 0.6 is 23.3 Å². The van der Waals surface area contributed by atoms with Crippen molar-refractivity contribution in [1.82, 2.24) is 19.3 Å². The first-order chi connectivity index (χ1) is 15.4. The molecule has 2 aromatic heterocycles. The number of halogens is 3. The molecule has 1 saturated heterocycles. The molecule has 2 fully saturated rings. The standard InChI is InChI=1S/C20H24F3N5O2S2/c1-31-28-7-5-13(6-8-28)26-18-24-9-14(20(21,22)23)17(27-18)16-10-25-19(32-16)30-15-4-2-3-12(15)11-29/h9-13,15H,2-8H2,1H3,(H,24,26,27)/t12-,15+/m0/s1. The van der Waals surface area contributed by atoms with Gasteiger partial charge in [0, 0.05) is 25.3 Å². The highest BCUT2D eigenvalue weighted by Crippen LogP contribution is 2.40. The van der Waals surface area contributed by atoms with Crippen LogP contribution in [0.4, 0.5) is 19.1 Å². The predicted octanol–water partition coefficient (Wildman–Crippen LogP) is 4.52. The summed E-state index contributed by atoms with van der Waals surface area (Å²) < 4.78 is 49.0. The predicted molar refractivity (Wildman–Crippen MR) is 118 cm³/mol. The van der Waals surface area contributed by atoms with E-state index < -0.39 is 11.7 Å². The van der Waals surface area contributed by atoms with E-state index in [9.17, 15) is 18.0 Å². The van der Waals surface area contributed by atoms with Crippen molar-refractivity contribution in [2.24, 2.45) is 5.92 Å². The molecule has 32 heavy (non-hydrogen) atoms. The van der Waals surface area contributed by atoms with Gasteiger partial charge in [0.25, 0.3) is 5.19 Å². The van der Waals surface area contributed by atoms with Crippen molar-refractivity contribution in [1.29, 1.82) is 0 Å². The summed E-state index contributed by atoms with van der Waals surface area (Å²) >= 11 is 2.68. The zero-order valence-corrected chi connectivity index (χ0v) is 19.1. The van der Waals surface area contributed by atoms with Gasteiger partial charge in [-0.1, -0.05) is 23.3 Å². The zero-order valence-electron chi connectivity index (χ0n) is 17.5. The van der Waals surface area contributed by atoms with Gasteiger partial charge in [0.1, 0.15) is 18.0 Å². The van der Waals surface area contributed by atoms with Crippen LogP contribution in [0.25, 0.3) is 10.6 Å². The summed E-state index contributed by atoms with van der Waals surface area (Å²) in [5.74, 6) is -0.0382. The summed E-state index contributed by atoms with van der Waals surface area (Å²) in [6.07, 6.45) is 4.24. The molecule has 1 saturated carbocycles. The van der Waals surface area contributed by atoms with Gasteiger partial charge >= 0.3 is 6.18 Å². The Hall–Kier alpha value is -1.92. The van der Waals surface area contributed by atoms with Crippen molar-refractivity contribution >= 4 is 35.5 Å². The Bertz CT molecular complexity index is 934. The molecule has 0 amide bonds. The number of piperidine rings is 1. The molecule has 2 atom stereocenters. The largest absolute Gasteiger partial charge is 0.466 e. The van der Waals surface area contributed by atoms with Crippen LogP contribution in [-0.2, 0) is 11.0 Å². The molecular weight excluding hydrogens is 463 g/mol. The topological polar surface area (TPSA) is 80.2 Å². The van der Waals surface area contributed by atoms with Gasteiger partial charge in [-0.25, -0.2) is 15.0 Å². The quantitative estimate of drug-likeness (QED) is 0.451. The molecular formula is C20H24F3N5O2S2. The van der Waals surface area contributed by atoms with Gasteiger partial charge in [-0.2, -0.15) is 13.2 Å². The van der Waals surface area contributed by atoms with E-state index in [2.05, 4.69) is 24.6 Å². The van der Waals surface area contributed by atoms with Crippen molar-refractivity contribution in [3.63, 3.8) is 0 Å². The summed E-state index contributed by atoms with van der Waals surface area (Å²) in [4.78, 5) is 23.7. The number of hydrogen-bond acceptors (Lipinski definition) is 9. The van der Waals surface area contributed by atoms with Gasteiger partial charge < -0.3 is 14.8 Å². The molecule has 2 aromatic rings. The van der Waals surface area contributed by atoms with Gasteiger partial charge in [0.15, 0.2) is 0 Å². The van der Waals surface area contributed by atoms with Gasteiger partial charge in [-0.15, -0.1) is 0 Å². The van der Waals surface area contributed by atoms with Gasteiger partial charge in [-0.3, -0.25) is 4.31 Å². The zero-order chi connectivity index (χ0) is 22.7. The average molecular weight is 488 g/mol. The maximum Gasteiger partial charge on any atom is 0.420 e. The fourth-order valence-electron chi connectivity index (χ4n) is 4.02. The first-order valence-corrected chi connectivity index (χ1v) is 12.4. The molecule has 2 aliphatic rings. The number of nitrogens with one attached hydrogen (secondary N) is 1. The van der Waals surface area contributed by atoms with Crippen molar-refractivity contribution in [2.75, 3.05) is 24.7 Å². The van der Waals surface area contributed by atoms with Crippen LogP contribution in [-0.4, -0.2) is 57.0 Å². The van der Waals surface area contributed by atoms with Gasteiger partial charge in [0.05, 0.1) is 22.7 Å². The van der Waals surface area contributed by atoms with Gasteiger partial charge in [-0.05, 0) is 38.4 Å². The Labute approximate surface area is 192 Å². The van der Waals surface area contributed by atoms with E-state index >= 15 is 0 Å². The highest BCUT2D eigenvalue weighted by Gasteiger charge is 2.36. The molecule has 1 aliphatic heterocycles. The number of aldehydes is 1. The van der Waals surface area contributed by atoms with Crippen LogP contribution in [0.2, 0.25) is 0 Å². The molecule has 0 bridgehead atoms. The van der Waals surface area contributed by atoms with E-state index in [1.807, 2.05) is 6.26 Å². The summed E-state index contributed by atoms with van der Waals surface area (Å²) in [5.41, 5.74) is -1.13. The normalized spacial score (nSPS) is 22.8. The van der Waals surface area contributed by atoms with Crippen LogP contribution in [0.3, 0.4) is 0 Å². The van der Waals surface area contributed by atoms with Crippen LogP contribution < -0.4 is 10.1 Å². The first-order valence-electron chi connectivity index (χ1n) is 10.5. The van der Waals surface area contributed by atoms with Crippen LogP contribution in [0, 0.1) is 5.92 Å². The second kappa shape index (κ2) is 9.92. The Balaban J connectivity index is 1.54. The minimum atomic E-state index is -4.60. The SMILES string of the molecule is CSN1CCC(Nc2ncc(C(F)(F)F)c(-c3cnc(O[C@@H]4CCC[C@H]4C=O)s3)n2)CC1. The maximum absolute atomic E-state index is 13.6. The molecule has 0 radical (unpaired) electrons.